The van der Waals surface area contributed by atoms with Gasteiger partial charge >= 0.3 is 5.97 Å². The Morgan fingerprint density at radius 2 is 1.61 bits per heavy atom. The standard InChI is InChI=1S/C26H24N2O6S2/c1-3-33-21-14-16-22(17-15-21)36(31,32)28-24(29)23(18-8-6-5-7-9-18)35-26(28)27-20-12-10-19(11-13-20)25(30)34-4-2/h5-17,23H,3-4H2,1-2H3/t23-/m1/s1. The number of hydrogen-bond acceptors (Lipinski definition) is 8. The largest absolute Gasteiger partial charge is 0.494 e. The molecular weight excluding hydrogens is 500 g/mol. The molecule has 8 nitrogen and oxygen atoms in total. The third-order valence-electron chi connectivity index (χ3n) is 5.20. The Labute approximate surface area is 214 Å². The van der Waals surface area contributed by atoms with Gasteiger partial charge in [0.05, 0.1) is 29.4 Å². The number of rotatable bonds is 8. The molecule has 1 saturated heterocycles. The van der Waals surface area contributed by atoms with E-state index in [1.165, 1.54) is 12.1 Å². The number of ether oxygens (including phenoxy) is 2. The van der Waals surface area contributed by atoms with Crippen LogP contribution in [0.4, 0.5) is 5.69 Å². The van der Waals surface area contributed by atoms with E-state index in [4.69, 9.17) is 9.47 Å². The maximum atomic E-state index is 13.6. The molecule has 1 heterocycles. The Kier molecular flexibility index (Phi) is 7.76. The van der Waals surface area contributed by atoms with Gasteiger partial charge in [0.15, 0.2) is 5.17 Å². The number of carbonyl (C=O) groups is 2. The van der Waals surface area contributed by atoms with Gasteiger partial charge in [-0.05, 0) is 67.9 Å². The van der Waals surface area contributed by atoms with Gasteiger partial charge < -0.3 is 9.47 Å². The molecule has 3 aromatic rings. The van der Waals surface area contributed by atoms with E-state index >= 15 is 0 Å². The summed E-state index contributed by atoms with van der Waals surface area (Å²) in [6.45, 7) is 4.24. The average Bonchev–Trinajstić information content (AvgIpc) is 3.22. The van der Waals surface area contributed by atoms with E-state index in [-0.39, 0.29) is 16.7 Å². The number of thioether (sulfide) groups is 1. The van der Waals surface area contributed by atoms with Gasteiger partial charge in [0.25, 0.3) is 15.9 Å². The lowest BCUT2D eigenvalue weighted by Gasteiger charge is -2.17. The lowest BCUT2D eigenvalue weighted by Crippen LogP contribution is -2.36. The molecule has 0 N–H and O–H groups in total. The van der Waals surface area contributed by atoms with Crippen LogP contribution in [0.3, 0.4) is 0 Å². The molecule has 1 fully saturated rings. The van der Waals surface area contributed by atoms with Crippen LogP contribution in [0, 0.1) is 0 Å². The molecule has 0 aliphatic carbocycles. The zero-order chi connectivity index (χ0) is 25.7. The van der Waals surface area contributed by atoms with Gasteiger partial charge in [-0.3, -0.25) is 4.79 Å². The van der Waals surface area contributed by atoms with Crippen molar-refractivity contribution in [2.75, 3.05) is 13.2 Å². The molecule has 4 rings (SSSR count). The summed E-state index contributed by atoms with van der Waals surface area (Å²) < 4.78 is 38.4. The van der Waals surface area contributed by atoms with Crippen LogP contribution in [-0.2, 0) is 19.6 Å². The van der Waals surface area contributed by atoms with Gasteiger partial charge in [-0.2, -0.15) is 4.31 Å². The van der Waals surface area contributed by atoms with Crippen molar-refractivity contribution < 1.29 is 27.5 Å². The number of esters is 1. The Hall–Kier alpha value is -3.63. The molecule has 0 aromatic heterocycles. The summed E-state index contributed by atoms with van der Waals surface area (Å²) in [5.74, 6) is -0.552. The fraction of sp³-hybridized carbons (Fsp3) is 0.192. The number of amides is 1. The highest BCUT2D eigenvalue weighted by atomic mass is 32.2. The van der Waals surface area contributed by atoms with Crippen LogP contribution in [0.25, 0.3) is 0 Å². The van der Waals surface area contributed by atoms with E-state index in [0.29, 0.717) is 29.2 Å². The van der Waals surface area contributed by atoms with E-state index < -0.39 is 27.1 Å². The third kappa shape index (κ3) is 5.29. The van der Waals surface area contributed by atoms with Gasteiger partial charge in [-0.1, -0.05) is 42.1 Å². The predicted molar refractivity (Wildman–Crippen MR) is 138 cm³/mol. The number of sulfonamides is 1. The average molecular weight is 525 g/mol. The molecule has 0 saturated carbocycles. The molecule has 36 heavy (non-hydrogen) atoms. The van der Waals surface area contributed by atoms with Crippen LogP contribution in [-0.4, -0.2) is 43.0 Å². The van der Waals surface area contributed by atoms with Crippen molar-refractivity contribution in [2.45, 2.75) is 24.0 Å². The van der Waals surface area contributed by atoms with Crippen molar-refractivity contribution >= 4 is 44.5 Å². The third-order valence-corrected chi connectivity index (χ3v) is 8.21. The topological polar surface area (TPSA) is 102 Å². The quantitative estimate of drug-likeness (QED) is 0.384. The van der Waals surface area contributed by atoms with Gasteiger partial charge in [-0.25, -0.2) is 18.2 Å². The van der Waals surface area contributed by atoms with E-state index in [0.717, 1.165) is 16.1 Å². The highest BCUT2D eigenvalue weighted by Gasteiger charge is 2.46. The maximum absolute atomic E-state index is 13.6. The predicted octanol–water partition coefficient (Wildman–Crippen LogP) is 4.96. The molecule has 1 amide bonds. The fourth-order valence-electron chi connectivity index (χ4n) is 3.51. The summed E-state index contributed by atoms with van der Waals surface area (Å²) in [5, 5.41) is -0.757. The zero-order valence-corrected chi connectivity index (χ0v) is 21.3. The van der Waals surface area contributed by atoms with E-state index in [1.807, 2.05) is 13.0 Å². The summed E-state index contributed by atoms with van der Waals surface area (Å²) >= 11 is 1.06. The number of aliphatic imine (C=N–C) groups is 1. The van der Waals surface area contributed by atoms with Crippen molar-refractivity contribution in [3.05, 3.63) is 90.0 Å². The number of benzene rings is 3. The molecule has 0 unspecified atom stereocenters. The Morgan fingerprint density at radius 3 is 2.22 bits per heavy atom. The van der Waals surface area contributed by atoms with Gasteiger partial charge in [0, 0.05) is 0 Å². The van der Waals surface area contributed by atoms with E-state index in [9.17, 15) is 18.0 Å². The van der Waals surface area contributed by atoms with Gasteiger partial charge in [-0.15, -0.1) is 0 Å². The first-order chi connectivity index (χ1) is 17.3. The zero-order valence-electron chi connectivity index (χ0n) is 19.7. The first-order valence-corrected chi connectivity index (χ1v) is 13.6. The Morgan fingerprint density at radius 1 is 0.944 bits per heavy atom. The lowest BCUT2D eigenvalue weighted by atomic mass is 10.1. The summed E-state index contributed by atoms with van der Waals surface area (Å²) in [6, 6.07) is 21.1. The monoisotopic (exact) mass is 524 g/mol. The van der Waals surface area contributed by atoms with Crippen molar-refractivity contribution in [1.82, 2.24) is 4.31 Å². The number of carbonyl (C=O) groups excluding carboxylic acids is 2. The van der Waals surface area contributed by atoms with E-state index in [1.54, 1.807) is 67.6 Å². The lowest BCUT2D eigenvalue weighted by molar-refractivity contribution is -0.122. The van der Waals surface area contributed by atoms with Crippen LogP contribution in [0.5, 0.6) is 5.75 Å². The van der Waals surface area contributed by atoms with Crippen molar-refractivity contribution in [3.8, 4) is 5.75 Å². The van der Waals surface area contributed by atoms with Crippen LogP contribution in [0.15, 0.2) is 88.8 Å². The van der Waals surface area contributed by atoms with Crippen molar-refractivity contribution in [2.24, 2.45) is 4.99 Å². The van der Waals surface area contributed by atoms with Gasteiger partial charge in [0.1, 0.15) is 11.0 Å². The molecular formula is C26H24N2O6S2. The molecule has 186 valence electrons. The second kappa shape index (κ2) is 11.0. The molecule has 1 aliphatic rings. The number of amidine groups is 1. The number of hydrogen-bond donors (Lipinski definition) is 0. The molecule has 0 radical (unpaired) electrons. The van der Waals surface area contributed by atoms with Crippen LogP contribution in [0.2, 0.25) is 0 Å². The van der Waals surface area contributed by atoms with Crippen molar-refractivity contribution in [3.63, 3.8) is 0 Å². The van der Waals surface area contributed by atoms with Crippen LogP contribution < -0.4 is 4.74 Å². The summed E-state index contributed by atoms with van der Waals surface area (Å²) in [7, 11) is -4.26. The highest BCUT2D eigenvalue weighted by molar-refractivity contribution is 8.16. The van der Waals surface area contributed by atoms with Crippen LogP contribution in [0.1, 0.15) is 35.0 Å². The summed E-state index contributed by atoms with van der Waals surface area (Å²) in [6.07, 6.45) is 0. The summed E-state index contributed by atoms with van der Waals surface area (Å²) in [4.78, 5) is 29.8. The SMILES string of the molecule is CCOC(=O)c1ccc(N=C2S[C@H](c3ccccc3)C(=O)N2S(=O)(=O)c2ccc(OCC)cc2)cc1. The summed E-state index contributed by atoms with van der Waals surface area (Å²) in [5.41, 5.74) is 1.40. The molecule has 1 atom stereocenters. The minimum absolute atomic E-state index is 0.0200. The molecule has 0 bridgehead atoms. The molecule has 0 spiro atoms. The van der Waals surface area contributed by atoms with Crippen LogP contribution >= 0.6 is 11.8 Å². The van der Waals surface area contributed by atoms with E-state index in [2.05, 4.69) is 4.99 Å². The minimum atomic E-state index is -4.26. The molecule has 1 aliphatic heterocycles. The smallest absolute Gasteiger partial charge is 0.338 e. The first-order valence-electron chi connectivity index (χ1n) is 11.2. The highest BCUT2D eigenvalue weighted by Crippen LogP contribution is 2.43. The normalized spacial score (nSPS) is 16.8. The second-order valence-electron chi connectivity index (χ2n) is 7.58. The molecule has 3 aromatic carbocycles. The molecule has 10 heteroatoms. The Balaban J connectivity index is 1.73. The van der Waals surface area contributed by atoms with Crippen molar-refractivity contribution in [1.29, 1.82) is 0 Å². The Bertz CT molecular complexity index is 1370. The maximum Gasteiger partial charge on any atom is 0.338 e. The fourth-order valence-corrected chi connectivity index (χ4v) is 6.34. The second-order valence-corrected chi connectivity index (χ2v) is 10.4. The first kappa shape index (κ1) is 25.5. The minimum Gasteiger partial charge on any atom is -0.494 e. The number of nitrogens with zero attached hydrogens (tertiary/aromatic N) is 2. The van der Waals surface area contributed by atoms with Gasteiger partial charge in [0.2, 0.25) is 0 Å².